The zero-order valence-electron chi connectivity index (χ0n) is 6.83. The number of thiol groups is 1. The molecule has 0 aromatic heterocycles. The lowest BCUT2D eigenvalue weighted by molar-refractivity contribution is 0.274. The normalized spacial score (nSPS) is 14.1. The molecule has 62 valence electrons. The van der Waals surface area contributed by atoms with Crippen molar-refractivity contribution in [3.05, 3.63) is 0 Å². The van der Waals surface area contributed by atoms with Crippen LogP contribution in [0.2, 0.25) is 0 Å². The van der Waals surface area contributed by atoms with Crippen LogP contribution in [-0.2, 0) is 8.85 Å². The van der Waals surface area contributed by atoms with Gasteiger partial charge in [-0.1, -0.05) is 13.3 Å². The quantitative estimate of drug-likeness (QED) is 0.505. The van der Waals surface area contributed by atoms with Crippen LogP contribution in [0, 0.1) is 0 Å². The topological polar surface area (TPSA) is 18.5 Å². The molecule has 2 nitrogen and oxygen atoms in total. The molecule has 0 rings (SSSR count). The first-order valence-corrected chi connectivity index (χ1v) is 5.62. The van der Waals surface area contributed by atoms with E-state index in [2.05, 4.69) is 19.6 Å². The highest BCUT2D eigenvalue weighted by atomic mass is 32.1. The van der Waals surface area contributed by atoms with Gasteiger partial charge in [0, 0.05) is 19.1 Å². The summed E-state index contributed by atoms with van der Waals surface area (Å²) < 4.78 is 10.3. The Balaban J connectivity index is 3.53. The lowest BCUT2D eigenvalue weighted by atomic mass is 10.4. The smallest absolute Gasteiger partial charge is 0.334 e. The third kappa shape index (κ3) is 3.61. The maximum Gasteiger partial charge on any atom is 0.334 e. The van der Waals surface area contributed by atoms with E-state index in [0.717, 1.165) is 12.8 Å². The van der Waals surface area contributed by atoms with Gasteiger partial charge in [0.2, 0.25) is 0 Å². The maximum absolute atomic E-state index is 5.15. The van der Waals surface area contributed by atoms with Crippen LogP contribution in [0.25, 0.3) is 0 Å². The van der Waals surface area contributed by atoms with Gasteiger partial charge in [0.1, 0.15) is 0 Å². The zero-order chi connectivity index (χ0) is 7.98. The highest BCUT2D eigenvalue weighted by Crippen LogP contribution is 2.09. The monoisotopic (exact) mass is 180 g/mol. The molecular weight excluding hydrogens is 164 g/mol. The molecule has 0 amide bonds. The Morgan fingerprint density at radius 3 is 2.20 bits per heavy atom. The minimum atomic E-state index is -1.44. The van der Waals surface area contributed by atoms with E-state index >= 15 is 0 Å². The fourth-order valence-corrected chi connectivity index (χ4v) is 3.26. The van der Waals surface area contributed by atoms with Crippen LogP contribution in [0.1, 0.15) is 19.8 Å². The van der Waals surface area contributed by atoms with Gasteiger partial charge in [-0.25, -0.2) is 0 Å². The molecule has 0 aliphatic carbocycles. The van der Waals surface area contributed by atoms with Crippen molar-refractivity contribution >= 4 is 21.9 Å². The Hall–Kier alpha value is 0.487. The van der Waals surface area contributed by atoms with E-state index in [-0.39, 0.29) is 0 Å². The summed E-state index contributed by atoms with van der Waals surface area (Å²) in [6, 6.07) is 0. The van der Waals surface area contributed by atoms with Gasteiger partial charge in [-0.3, -0.25) is 0 Å². The molecule has 0 aromatic carbocycles. The second-order valence-corrected chi connectivity index (χ2v) is 5.90. The minimum Gasteiger partial charge on any atom is -0.399 e. The van der Waals surface area contributed by atoms with E-state index in [0.29, 0.717) is 4.87 Å². The average molecular weight is 180 g/mol. The number of hydrogen-bond donors (Lipinski definition) is 1. The molecule has 0 spiro atoms. The van der Waals surface area contributed by atoms with Gasteiger partial charge in [0.05, 0.1) is 0 Å². The summed E-state index contributed by atoms with van der Waals surface area (Å²) >= 11 is 4.38. The summed E-state index contributed by atoms with van der Waals surface area (Å²) in [6.07, 6.45) is 2.23. The molecule has 0 heterocycles. The predicted octanol–water partition coefficient (Wildman–Crippen LogP) is 1.14. The third-order valence-electron chi connectivity index (χ3n) is 1.36. The van der Waals surface area contributed by atoms with Gasteiger partial charge >= 0.3 is 9.28 Å². The van der Waals surface area contributed by atoms with Crippen LogP contribution < -0.4 is 0 Å². The van der Waals surface area contributed by atoms with Crippen molar-refractivity contribution in [2.75, 3.05) is 14.2 Å². The van der Waals surface area contributed by atoms with Crippen LogP contribution in [0.4, 0.5) is 0 Å². The molecule has 4 heteroatoms. The van der Waals surface area contributed by atoms with Gasteiger partial charge in [-0.05, 0) is 6.42 Å². The van der Waals surface area contributed by atoms with Crippen LogP contribution >= 0.6 is 12.6 Å². The predicted molar refractivity (Wildman–Crippen MR) is 48.8 cm³/mol. The van der Waals surface area contributed by atoms with Crippen LogP contribution in [0.5, 0.6) is 0 Å². The molecule has 0 fully saturated rings. The van der Waals surface area contributed by atoms with E-state index < -0.39 is 9.28 Å². The molecule has 10 heavy (non-hydrogen) atoms. The molecule has 0 N–H and O–H groups in total. The molecule has 0 bridgehead atoms. The summed E-state index contributed by atoms with van der Waals surface area (Å²) in [5, 5.41) is 0. The summed E-state index contributed by atoms with van der Waals surface area (Å²) in [4.78, 5) is 0.333. The summed E-state index contributed by atoms with van der Waals surface area (Å²) in [7, 11) is 1.95. The fraction of sp³-hybridized carbons (Fsp3) is 1.00. The first-order chi connectivity index (χ1) is 4.76. The first-order valence-electron chi connectivity index (χ1n) is 3.49. The molecule has 1 unspecified atom stereocenters. The van der Waals surface area contributed by atoms with Crippen molar-refractivity contribution in [3.8, 4) is 0 Å². The minimum absolute atomic E-state index is 0.333. The van der Waals surface area contributed by atoms with Crippen molar-refractivity contribution in [3.63, 3.8) is 0 Å². The molecule has 1 atom stereocenters. The van der Waals surface area contributed by atoms with Gasteiger partial charge in [0.15, 0.2) is 0 Å². The third-order valence-corrected chi connectivity index (χ3v) is 4.24. The summed E-state index contributed by atoms with van der Waals surface area (Å²) in [5.41, 5.74) is 0. The van der Waals surface area contributed by atoms with Gasteiger partial charge in [0.25, 0.3) is 0 Å². The largest absolute Gasteiger partial charge is 0.399 e. The van der Waals surface area contributed by atoms with Gasteiger partial charge in [-0.2, -0.15) is 12.6 Å². The SMILES string of the molecule is CCCC(S)[SiH](OC)OC. The Bertz CT molecular complexity index is 78.1. The standard InChI is InChI=1S/C6H16O2SSi/c1-4-5-6(9)10(7-2)8-3/h6,9-10H,4-5H2,1-3H3. The fourth-order valence-electron chi connectivity index (χ4n) is 0.842. The molecule has 0 aromatic rings. The Labute approximate surface area is 70.2 Å². The second kappa shape index (κ2) is 6.21. The van der Waals surface area contributed by atoms with E-state index in [4.69, 9.17) is 8.85 Å². The van der Waals surface area contributed by atoms with Crippen LogP contribution in [0.3, 0.4) is 0 Å². The number of rotatable bonds is 5. The number of hydrogen-bond acceptors (Lipinski definition) is 3. The van der Waals surface area contributed by atoms with E-state index in [9.17, 15) is 0 Å². The highest BCUT2D eigenvalue weighted by molar-refractivity contribution is 7.82. The van der Waals surface area contributed by atoms with Crippen molar-refractivity contribution in [2.24, 2.45) is 0 Å². The van der Waals surface area contributed by atoms with Crippen molar-refractivity contribution in [1.82, 2.24) is 0 Å². The highest BCUT2D eigenvalue weighted by Gasteiger charge is 2.18. The van der Waals surface area contributed by atoms with E-state index in [1.165, 1.54) is 0 Å². The summed E-state index contributed by atoms with van der Waals surface area (Å²) in [6.45, 7) is 2.14. The molecular formula is C6H16O2SSi. The maximum atomic E-state index is 5.15. The first kappa shape index (κ1) is 10.5. The van der Waals surface area contributed by atoms with Crippen molar-refractivity contribution < 1.29 is 8.85 Å². The zero-order valence-corrected chi connectivity index (χ0v) is 8.88. The van der Waals surface area contributed by atoms with Crippen molar-refractivity contribution in [2.45, 2.75) is 24.6 Å². The molecule has 0 aliphatic rings. The van der Waals surface area contributed by atoms with E-state index in [1.54, 1.807) is 14.2 Å². The van der Waals surface area contributed by atoms with Gasteiger partial charge in [-0.15, -0.1) is 0 Å². The van der Waals surface area contributed by atoms with Crippen LogP contribution in [-0.4, -0.2) is 28.4 Å². The average Bonchev–Trinajstić information content (AvgIpc) is 1.91. The molecule has 0 saturated carbocycles. The Morgan fingerprint density at radius 1 is 1.40 bits per heavy atom. The van der Waals surface area contributed by atoms with E-state index in [1.807, 2.05) is 0 Å². The van der Waals surface area contributed by atoms with Gasteiger partial charge < -0.3 is 8.85 Å². The lowest BCUT2D eigenvalue weighted by Crippen LogP contribution is -2.31. The molecule has 0 radical (unpaired) electrons. The van der Waals surface area contributed by atoms with Crippen LogP contribution in [0.15, 0.2) is 0 Å². The lowest BCUT2D eigenvalue weighted by Gasteiger charge is -2.16. The molecule has 0 saturated heterocycles. The Morgan fingerprint density at radius 2 is 1.90 bits per heavy atom. The summed E-state index contributed by atoms with van der Waals surface area (Å²) in [5.74, 6) is 0. The molecule has 0 aliphatic heterocycles. The Kier molecular flexibility index (Phi) is 6.52. The van der Waals surface area contributed by atoms with Crippen molar-refractivity contribution in [1.29, 1.82) is 0 Å². The second-order valence-electron chi connectivity index (χ2n) is 2.20.